The molecule has 0 radical (unpaired) electrons. The van der Waals surface area contributed by atoms with Crippen LogP contribution < -0.4 is 0 Å². The van der Waals surface area contributed by atoms with E-state index < -0.39 is 14.4 Å². The maximum absolute atomic E-state index is 12.0. The number of Topliss-reactive ketones (excluding diaryl/α,β-unsaturated/α-hetero) is 2. The van der Waals surface area contributed by atoms with Crippen molar-refractivity contribution in [1.82, 2.24) is 0 Å². The van der Waals surface area contributed by atoms with E-state index in [0.29, 0.717) is 12.0 Å². The lowest BCUT2D eigenvalue weighted by Crippen LogP contribution is -2.46. The number of aliphatic hydroxyl groups excluding tert-OH is 1. The summed E-state index contributed by atoms with van der Waals surface area (Å²) in [4.78, 5) is 23.5. The van der Waals surface area contributed by atoms with E-state index in [2.05, 4.69) is 33.9 Å². The van der Waals surface area contributed by atoms with Gasteiger partial charge in [-0.15, -0.1) is 0 Å². The molecule has 1 aliphatic heterocycles. The molecule has 0 aromatic rings. The molecule has 1 heterocycles. The molecule has 34 heavy (non-hydrogen) atoms. The van der Waals surface area contributed by atoms with Gasteiger partial charge in [-0.1, -0.05) is 54.5 Å². The molecule has 0 unspecified atom stereocenters. The van der Waals surface area contributed by atoms with Gasteiger partial charge in [0.2, 0.25) is 0 Å². The zero-order valence-electron chi connectivity index (χ0n) is 23.6. The van der Waals surface area contributed by atoms with Crippen LogP contribution >= 0.6 is 0 Å². The normalized spacial score (nSPS) is 26.5. The molecule has 1 saturated heterocycles. The molecule has 0 amide bonds. The first kappa shape index (κ1) is 30.9. The van der Waals surface area contributed by atoms with Crippen molar-refractivity contribution in [2.75, 3.05) is 13.2 Å². The van der Waals surface area contributed by atoms with Gasteiger partial charge in [-0.25, -0.2) is 0 Å². The molecule has 5 nitrogen and oxygen atoms in total. The molecule has 0 spiro atoms. The van der Waals surface area contributed by atoms with E-state index in [-0.39, 0.29) is 33.5 Å². The fourth-order valence-corrected chi connectivity index (χ4v) is 5.52. The van der Waals surface area contributed by atoms with Crippen LogP contribution in [-0.4, -0.2) is 50.4 Å². The summed E-state index contributed by atoms with van der Waals surface area (Å²) in [6.07, 6.45) is 7.21. The van der Waals surface area contributed by atoms with Gasteiger partial charge in [-0.3, -0.25) is 9.59 Å². The lowest BCUT2D eigenvalue weighted by molar-refractivity contribution is -0.125. The first-order valence-electron chi connectivity index (χ1n) is 12.7. The topological polar surface area (TPSA) is 72.8 Å². The van der Waals surface area contributed by atoms with Crippen LogP contribution in [0.4, 0.5) is 0 Å². The van der Waals surface area contributed by atoms with Crippen molar-refractivity contribution in [3.8, 4) is 0 Å². The van der Waals surface area contributed by atoms with Gasteiger partial charge in [0.25, 0.3) is 0 Å². The highest BCUT2D eigenvalue weighted by molar-refractivity contribution is 6.74. The second kappa shape index (κ2) is 11.8. The Morgan fingerprint density at radius 1 is 0.912 bits per heavy atom. The third-order valence-electron chi connectivity index (χ3n) is 7.33. The molecule has 0 bridgehead atoms. The highest BCUT2D eigenvalue weighted by Crippen LogP contribution is 2.41. The average Bonchev–Trinajstić information content (AvgIpc) is 3.23. The summed E-state index contributed by atoms with van der Waals surface area (Å²) in [6, 6.07) is 0. The summed E-state index contributed by atoms with van der Waals surface area (Å²) in [6.45, 7) is 24.7. The van der Waals surface area contributed by atoms with Crippen LogP contribution in [0.5, 0.6) is 0 Å². The number of ether oxygens (including phenoxy) is 1. The highest BCUT2D eigenvalue weighted by atomic mass is 28.4. The van der Waals surface area contributed by atoms with Gasteiger partial charge >= 0.3 is 0 Å². The Balaban J connectivity index is 0.000000302. The van der Waals surface area contributed by atoms with E-state index in [9.17, 15) is 14.7 Å². The first-order valence-corrected chi connectivity index (χ1v) is 15.6. The monoisotopic (exact) mass is 494 g/mol. The van der Waals surface area contributed by atoms with Crippen LogP contribution in [-0.2, 0) is 18.8 Å². The summed E-state index contributed by atoms with van der Waals surface area (Å²) in [5.74, 6) is 0.417. The molecule has 3 rings (SSSR count). The van der Waals surface area contributed by atoms with Crippen molar-refractivity contribution in [3.63, 3.8) is 0 Å². The number of hydrogen-bond donors (Lipinski definition) is 1. The Hall–Kier alpha value is -1.08. The summed E-state index contributed by atoms with van der Waals surface area (Å²) in [5, 5.41) is 9.51. The van der Waals surface area contributed by atoms with E-state index in [1.807, 2.05) is 40.7 Å². The van der Waals surface area contributed by atoms with Gasteiger partial charge in [0.1, 0.15) is 0 Å². The smallest absolute Gasteiger partial charge is 0.192 e. The standard InChI is InChI=1S/C15H28O2Si.C9H14O2.C4H8O/c1-11-9-12(10-15(5,6)13(11)16)17-18(7,8)14(2,3)4;1-6-4-7(10)5-9(2,3)8(6)11;1-2-4-5-3-1/h9,12H,10H2,1-8H3;4,7,10H,5H2,1-3H3;1-4H2/t12-;7-;/m11./s1. The molecule has 2 aliphatic carbocycles. The minimum absolute atomic E-state index is 0.0959. The Morgan fingerprint density at radius 2 is 1.35 bits per heavy atom. The van der Waals surface area contributed by atoms with Crippen LogP contribution in [0.1, 0.15) is 88.0 Å². The van der Waals surface area contributed by atoms with E-state index in [0.717, 1.165) is 25.2 Å². The predicted octanol–water partition coefficient (Wildman–Crippen LogP) is 6.41. The lowest BCUT2D eigenvalue weighted by Gasteiger charge is -2.41. The van der Waals surface area contributed by atoms with Crippen LogP contribution in [0.3, 0.4) is 0 Å². The van der Waals surface area contributed by atoms with E-state index in [4.69, 9.17) is 9.16 Å². The van der Waals surface area contributed by atoms with Crippen LogP contribution in [0.2, 0.25) is 18.1 Å². The molecule has 2 atom stereocenters. The van der Waals surface area contributed by atoms with Gasteiger partial charge in [-0.2, -0.15) is 0 Å². The van der Waals surface area contributed by atoms with Crippen molar-refractivity contribution in [3.05, 3.63) is 23.3 Å². The zero-order valence-corrected chi connectivity index (χ0v) is 24.6. The molecule has 1 fully saturated rings. The summed E-state index contributed by atoms with van der Waals surface area (Å²) < 4.78 is 11.4. The van der Waals surface area contributed by atoms with Crippen LogP contribution in [0.25, 0.3) is 0 Å². The minimum Gasteiger partial charge on any atom is -0.411 e. The van der Waals surface area contributed by atoms with Gasteiger partial charge in [0.15, 0.2) is 19.9 Å². The number of rotatable bonds is 2. The Labute approximate surface area is 209 Å². The third kappa shape index (κ3) is 8.85. The minimum atomic E-state index is -1.76. The fraction of sp³-hybridized carbons (Fsp3) is 0.786. The number of ketones is 2. The second-order valence-corrected chi connectivity index (χ2v) is 17.6. The summed E-state index contributed by atoms with van der Waals surface area (Å²) >= 11 is 0. The van der Waals surface area contributed by atoms with E-state index in [1.54, 1.807) is 13.0 Å². The summed E-state index contributed by atoms with van der Waals surface area (Å²) in [5.41, 5.74) is 0.883. The molecule has 6 heteroatoms. The Morgan fingerprint density at radius 3 is 1.71 bits per heavy atom. The van der Waals surface area contributed by atoms with Crippen molar-refractivity contribution in [1.29, 1.82) is 0 Å². The second-order valence-electron chi connectivity index (χ2n) is 12.8. The molecule has 0 aromatic carbocycles. The molecular weight excluding hydrogens is 444 g/mol. The maximum atomic E-state index is 12.0. The Kier molecular flexibility index (Phi) is 10.7. The number of carbonyl (C=O) groups is 2. The van der Waals surface area contributed by atoms with Crippen molar-refractivity contribution in [2.24, 2.45) is 10.8 Å². The van der Waals surface area contributed by atoms with E-state index in [1.165, 1.54) is 12.8 Å². The van der Waals surface area contributed by atoms with Crippen molar-refractivity contribution >= 4 is 19.9 Å². The maximum Gasteiger partial charge on any atom is 0.192 e. The van der Waals surface area contributed by atoms with Crippen molar-refractivity contribution in [2.45, 2.75) is 118 Å². The van der Waals surface area contributed by atoms with Gasteiger partial charge < -0.3 is 14.3 Å². The number of allylic oxidation sites excluding steroid dienone is 2. The van der Waals surface area contributed by atoms with Crippen molar-refractivity contribution < 1.29 is 23.9 Å². The number of hydrogen-bond acceptors (Lipinski definition) is 5. The van der Waals surface area contributed by atoms with E-state index >= 15 is 0 Å². The number of aliphatic hydroxyl groups is 1. The lowest BCUT2D eigenvalue weighted by atomic mass is 9.75. The molecule has 3 aliphatic rings. The molecule has 0 aromatic heterocycles. The predicted molar refractivity (Wildman–Crippen MR) is 142 cm³/mol. The first-order chi connectivity index (χ1) is 15.3. The van der Waals surface area contributed by atoms with Gasteiger partial charge in [0, 0.05) is 24.0 Å². The van der Waals surface area contributed by atoms with Crippen LogP contribution in [0, 0.1) is 10.8 Å². The highest BCUT2D eigenvalue weighted by Gasteiger charge is 2.42. The quantitative estimate of drug-likeness (QED) is 0.449. The van der Waals surface area contributed by atoms with Gasteiger partial charge in [-0.05, 0) is 74.9 Å². The SMILES string of the molecule is C1CCOC1.CC1=C[C@@H](O)CC(C)(C)C1=O.CC1=C[C@@H](O[Si](C)(C)C(C)(C)C)CC(C)(C)C1=O. The third-order valence-corrected chi connectivity index (χ3v) is 11.8. The zero-order chi connectivity index (χ0) is 26.5. The van der Waals surface area contributed by atoms with Gasteiger partial charge in [0.05, 0.1) is 12.2 Å². The Bertz CT molecular complexity index is 771. The molecule has 0 saturated carbocycles. The van der Waals surface area contributed by atoms with Crippen LogP contribution in [0.15, 0.2) is 23.3 Å². The fourth-order valence-electron chi connectivity index (χ4n) is 4.26. The number of carbonyl (C=O) groups excluding carboxylic acids is 2. The largest absolute Gasteiger partial charge is 0.411 e. The molecular formula is C28H50O5Si. The molecule has 1 N–H and O–H groups in total. The average molecular weight is 495 g/mol. The summed E-state index contributed by atoms with van der Waals surface area (Å²) in [7, 11) is -1.76. The molecule has 196 valence electrons.